The van der Waals surface area contributed by atoms with Crippen molar-refractivity contribution in [1.82, 2.24) is 10.2 Å². The molecule has 1 saturated heterocycles. The number of carbonyl (C=O) groups is 2. The summed E-state index contributed by atoms with van der Waals surface area (Å²) in [7, 11) is 1.69. The molecule has 0 aromatic heterocycles. The maximum Gasteiger partial charge on any atom is 0.309 e. The Labute approximate surface area is 143 Å². The summed E-state index contributed by atoms with van der Waals surface area (Å²) in [4.78, 5) is 24.5. The van der Waals surface area contributed by atoms with Crippen LogP contribution in [-0.4, -0.2) is 43.5 Å². The van der Waals surface area contributed by atoms with E-state index in [1.807, 2.05) is 0 Å². The Bertz CT molecular complexity index is 616. The van der Waals surface area contributed by atoms with Gasteiger partial charge < -0.3 is 15.8 Å². The van der Waals surface area contributed by atoms with Crippen molar-refractivity contribution in [1.29, 1.82) is 0 Å². The zero-order chi connectivity index (χ0) is 17.7. The lowest BCUT2D eigenvalue weighted by atomic mass is 9.96. The highest BCUT2D eigenvalue weighted by Crippen LogP contribution is 2.25. The number of benzene rings is 1. The van der Waals surface area contributed by atoms with Gasteiger partial charge in [0.15, 0.2) is 0 Å². The minimum atomic E-state index is -0.924. The topological polar surface area (TPSA) is 84.7 Å². The van der Waals surface area contributed by atoms with Gasteiger partial charge in [0.05, 0.1) is 7.11 Å². The molecule has 0 spiro atoms. The summed E-state index contributed by atoms with van der Waals surface area (Å²) in [6.07, 6.45) is 2.14. The highest BCUT2D eigenvalue weighted by atomic mass is 16.5. The summed E-state index contributed by atoms with van der Waals surface area (Å²) in [5.41, 5.74) is 8.63. The summed E-state index contributed by atoms with van der Waals surface area (Å²) in [5, 5.41) is 2.62. The summed E-state index contributed by atoms with van der Waals surface area (Å²) in [6, 6.07) is 4.27. The van der Waals surface area contributed by atoms with Crippen LogP contribution in [0.4, 0.5) is 0 Å². The van der Waals surface area contributed by atoms with E-state index < -0.39 is 11.8 Å². The molecule has 1 aromatic rings. The number of hydrogen-bond acceptors (Lipinski definition) is 4. The van der Waals surface area contributed by atoms with E-state index in [0.29, 0.717) is 12.5 Å². The predicted octanol–water partition coefficient (Wildman–Crippen LogP) is 1.13. The first-order valence-corrected chi connectivity index (χ1v) is 8.34. The van der Waals surface area contributed by atoms with Crippen LogP contribution in [0.3, 0.4) is 0 Å². The van der Waals surface area contributed by atoms with Gasteiger partial charge in [-0.05, 0) is 61.9 Å². The van der Waals surface area contributed by atoms with Crippen molar-refractivity contribution in [3.8, 4) is 5.75 Å². The average Bonchev–Trinajstić information content (AvgIpc) is 2.56. The van der Waals surface area contributed by atoms with Crippen LogP contribution in [0.15, 0.2) is 12.1 Å². The van der Waals surface area contributed by atoms with E-state index in [-0.39, 0.29) is 0 Å². The lowest BCUT2D eigenvalue weighted by Crippen LogP contribution is -2.43. The highest BCUT2D eigenvalue weighted by Gasteiger charge is 2.22. The van der Waals surface area contributed by atoms with Gasteiger partial charge in [0.2, 0.25) is 0 Å². The van der Waals surface area contributed by atoms with Crippen molar-refractivity contribution in [2.45, 2.75) is 33.2 Å². The zero-order valence-corrected chi connectivity index (χ0v) is 14.7. The summed E-state index contributed by atoms with van der Waals surface area (Å²) in [5.74, 6) is -0.357. The fourth-order valence-electron chi connectivity index (χ4n) is 3.27. The third-order valence-corrected chi connectivity index (χ3v) is 4.63. The maximum atomic E-state index is 11.3. The normalized spacial score (nSPS) is 18.2. The van der Waals surface area contributed by atoms with Gasteiger partial charge in [-0.3, -0.25) is 14.5 Å². The molecule has 132 valence electrons. The summed E-state index contributed by atoms with van der Waals surface area (Å²) >= 11 is 0. The van der Waals surface area contributed by atoms with Crippen molar-refractivity contribution in [2.24, 2.45) is 11.7 Å². The Morgan fingerprint density at radius 1 is 1.33 bits per heavy atom. The molecule has 1 aliphatic heterocycles. The fourth-order valence-corrected chi connectivity index (χ4v) is 3.27. The van der Waals surface area contributed by atoms with E-state index >= 15 is 0 Å². The number of amides is 2. The van der Waals surface area contributed by atoms with E-state index in [4.69, 9.17) is 10.5 Å². The number of rotatable bonds is 5. The van der Waals surface area contributed by atoms with Gasteiger partial charge in [-0.1, -0.05) is 6.07 Å². The molecular weight excluding hydrogens is 306 g/mol. The Morgan fingerprint density at radius 2 is 2.08 bits per heavy atom. The van der Waals surface area contributed by atoms with Crippen molar-refractivity contribution < 1.29 is 14.3 Å². The summed E-state index contributed by atoms with van der Waals surface area (Å²) in [6.45, 7) is 7.50. The maximum absolute atomic E-state index is 11.3. The van der Waals surface area contributed by atoms with E-state index in [2.05, 4.69) is 36.2 Å². The number of aryl methyl sites for hydroxylation is 2. The Morgan fingerprint density at radius 3 is 2.75 bits per heavy atom. The van der Waals surface area contributed by atoms with Gasteiger partial charge in [-0.2, -0.15) is 0 Å². The third kappa shape index (κ3) is 4.71. The molecule has 1 aliphatic rings. The van der Waals surface area contributed by atoms with Crippen LogP contribution in [0.2, 0.25) is 0 Å². The van der Waals surface area contributed by atoms with E-state index in [0.717, 1.165) is 43.8 Å². The highest BCUT2D eigenvalue weighted by molar-refractivity contribution is 6.34. The number of carbonyl (C=O) groups excluding carboxylic acids is 2. The van der Waals surface area contributed by atoms with Gasteiger partial charge in [0, 0.05) is 19.6 Å². The molecule has 1 fully saturated rings. The first kappa shape index (κ1) is 18.3. The molecule has 1 atom stereocenters. The number of nitrogens with one attached hydrogen (secondary N) is 1. The Kier molecular flexibility index (Phi) is 6.20. The summed E-state index contributed by atoms with van der Waals surface area (Å²) < 4.78 is 5.37. The van der Waals surface area contributed by atoms with Crippen molar-refractivity contribution >= 4 is 11.8 Å². The van der Waals surface area contributed by atoms with E-state index in [9.17, 15) is 9.59 Å². The number of hydrogen-bond donors (Lipinski definition) is 2. The van der Waals surface area contributed by atoms with Crippen LogP contribution >= 0.6 is 0 Å². The fraction of sp³-hybridized carbons (Fsp3) is 0.556. The molecular formula is C18H27N3O3. The molecule has 0 saturated carbocycles. The first-order chi connectivity index (χ1) is 11.4. The molecule has 6 heteroatoms. The molecule has 0 bridgehead atoms. The Hall–Kier alpha value is -2.08. The van der Waals surface area contributed by atoms with Gasteiger partial charge in [0.25, 0.3) is 0 Å². The minimum absolute atomic E-state index is 0.349. The van der Waals surface area contributed by atoms with Gasteiger partial charge in [-0.25, -0.2) is 0 Å². The second-order valence-electron chi connectivity index (χ2n) is 6.57. The second kappa shape index (κ2) is 8.15. The number of piperidine rings is 1. The van der Waals surface area contributed by atoms with Crippen molar-refractivity contribution in [2.75, 3.05) is 26.7 Å². The van der Waals surface area contributed by atoms with Crippen LogP contribution in [-0.2, 0) is 16.1 Å². The van der Waals surface area contributed by atoms with Crippen molar-refractivity contribution in [3.05, 3.63) is 28.8 Å². The quantitative estimate of drug-likeness (QED) is 0.791. The van der Waals surface area contributed by atoms with E-state index in [1.165, 1.54) is 11.1 Å². The van der Waals surface area contributed by atoms with Crippen LogP contribution < -0.4 is 15.8 Å². The SMILES string of the molecule is COc1cc(C)c(CN2CCC[C@H](CNC(=O)C(N)=O)C2)cc1C. The molecule has 6 nitrogen and oxygen atoms in total. The number of nitrogens with zero attached hydrogens (tertiary/aromatic N) is 1. The molecule has 0 radical (unpaired) electrons. The third-order valence-electron chi connectivity index (χ3n) is 4.63. The van der Waals surface area contributed by atoms with Crippen LogP contribution in [0.5, 0.6) is 5.75 Å². The van der Waals surface area contributed by atoms with Gasteiger partial charge >= 0.3 is 11.8 Å². The standard InChI is InChI=1S/C18H27N3O3/c1-12-8-16(24-3)13(2)7-15(12)11-21-6-4-5-14(10-21)9-20-18(23)17(19)22/h7-8,14H,4-6,9-11H2,1-3H3,(H2,19,22)(H,20,23)/t14-/m1/s1. The van der Waals surface area contributed by atoms with Gasteiger partial charge in [-0.15, -0.1) is 0 Å². The largest absolute Gasteiger partial charge is 0.496 e. The van der Waals surface area contributed by atoms with Crippen molar-refractivity contribution in [3.63, 3.8) is 0 Å². The molecule has 1 heterocycles. The molecule has 2 rings (SSSR count). The number of likely N-dealkylation sites (tertiary alicyclic amines) is 1. The zero-order valence-electron chi connectivity index (χ0n) is 14.7. The Balaban J connectivity index is 1.94. The molecule has 24 heavy (non-hydrogen) atoms. The average molecular weight is 333 g/mol. The van der Waals surface area contributed by atoms with E-state index in [1.54, 1.807) is 7.11 Å². The predicted molar refractivity (Wildman–Crippen MR) is 92.7 cm³/mol. The number of methoxy groups -OCH3 is 1. The second-order valence-corrected chi connectivity index (χ2v) is 6.57. The first-order valence-electron chi connectivity index (χ1n) is 8.34. The molecule has 0 unspecified atom stereocenters. The monoisotopic (exact) mass is 333 g/mol. The lowest BCUT2D eigenvalue weighted by Gasteiger charge is -2.33. The molecule has 0 aliphatic carbocycles. The van der Waals surface area contributed by atoms with Crippen LogP contribution in [0.1, 0.15) is 29.5 Å². The molecule has 3 N–H and O–H groups in total. The number of ether oxygens (including phenoxy) is 1. The van der Waals surface area contributed by atoms with Crippen LogP contribution in [0.25, 0.3) is 0 Å². The van der Waals surface area contributed by atoms with Crippen LogP contribution in [0, 0.1) is 19.8 Å². The number of nitrogens with two attached hydrogens (primary N) is 1. The smallest absolute Gasteiger partial charge is 0.309 e. The molecule has 2 amide bonds. The number of primary amides is 1. The van der Waals surface area contributed by atoms with Gasteiger partial charge in [0.1, 0.15) is 5.75 Å². The molecule has 1 aromatic carbocycles. The lowest BCUT2D eigenvalue weighted by molar-refractivity contribution is -0.137. The minimum Gasteiger partial charge on any atom is -0.496 e.